The second kappa shape index (κ2) is 14.2. The van der Waals surface area contributed by atoms with Crippen molar-refractivity contribution in [1.29, 1.82) is 0 Å². The summed E-state index contributed by atoms with van der Waals surface area (Å²) >= 11 is 0. The summed E-state index contributed by atoms with van der Waals surface area (Å²) < 4.78 is 18.9. The molecule has 3 rings (SSSR count). The lowest BCUT2D eigenvalue weighted by atomic mass is 10.1. The van der Waals surface area contributed by atoms with Gasteiger partial charge < -0.3 is 18.8 Å². The van der Waals surface area contributed by atoms with Crippen LogP contribution in [0.5, 0.6) is 17.2 Å². The molecule has 1 heterocycles. The van der Waals surface area contributed by atoms with Crippen LogP contribution < -0.4 is 19.8 Å². The summed E-state index contributed by atoms with van der Waals surface area (Å²) in [5.41, 5.74) is 1.43. The van der Waals surface area contributed by atoms with Crippen molar-refractivity contribution in [3.8, 4) is 17.2 Å². The third kappa shape index (κ3) is 7.35. The van der Waals surface area contributed by atoms with Gasteiger partial charge in [0.05, 0.1) is 12.1 Å². The molecule has 0 spiro atoms. The molecule has 188 valence electrons. The molecule has 6 heteroatoms. The van der Waals surface area contributed by atoms with Crippen molar-refractivity contribution in [3.63, 3.8) is 0 Å². The zero-order valence-corrected chi connectivity index (χ0v) is 21.0. The van der Waals surface area contributed by atoms with Gasteiger partial charge in [-0.05, 0) is 30.5 Å². The molecule has 35 heavy (non-hydrogen) atoms. The van der Waals surface area contributed by atoms with E-state index in [-0.39, 0.29) is 11.3 Å². The molecule has 0 radical (unpaired) electrons. The molecule has 0 atom stereocenters. The summed E-state index contributed by atoms with van der Waals surface area (Å²) in [6.07, 6.45) is 8.46. The second-order valence-electron chi connectivity index (χ2n) is 8.75. The van der Waals surface area contributed by atoms with E-state index in [4.69, 9.17) is 14.2 Å². The molecule has 0 aliphatic carbocycles. The monoisotopic (exact) mass is 479 g/mol. The Kier molecular flexibility index (Phi) is 10.7. The first-order chi connectivity index (χ1) is 17.2. The highest BCUT2D eigenvalue weighted by Gasteiger charge is 2.20. The summed E-state index contributed by atoms with van der Waals surface area (Å²) in [6, 6.07) is 15.6. The van der Waals surface area contributed by atoms with Crippen LogP contribution in [0.1, 0.15) is 70.8 Å². The lowest BCUT2D eigenvalue weighted by molar-refractivity contribution is -0.120. The van der Waals surface area contributed by atoms with Crippen molar-refractivity contribution in [3.05, 3.63) is 64.4 Å². The van der Waals surface area contributed by atoms with E-state index in [9.17, 15) is 9.59 Å². The summed E-state index contributed by atoms with van der Waals surface area (Å²) in [5.74, 6) is 0.938. The molecule has 0 aliphatic heterocycles. The summed E-state index contributed by atoms with van der Waals surface area (Å²) in [5, 5.41) is 0.732. The fourth-order valence-electron chi connectivity index (χ4n) is 4.10. The van der Waals surface area contributed by atoms with Crippen LogP contribution in [0.25, 0.3) is 10.9 Å². The van der Waals surface area contributed by atoms with Gasteiger partial charge in [-0.2, -0.15) is 0 Å². The van der Waals surface area contributed by atoms with Gasteiger partial charge in [0.15, 0.2) is 5.75 Å². The minimum Gasteiger partial charge on any atom is -0.489 e. The Hall–Kier alpha value is -3.28. The van der Waals surface area contributed by atoms with Gasteiger partial charge in [-0.1, -0.05) is 82.7 Å². The van der Waals surface area contributed by atoms with Crippen LogP contribution in [0, 0.1) is 0 Å². The number of hydrogen-bond donors (Lipinski definition) is 0. The van der Waals surface area contributed by atoms with Crippen LogP contribution >= 0.6 is 0 Å². The Morgan fingerprint density at radius 2 is 1.57 bits per heavy atom. The minimum atomic E-state index is -0.357. The third-order valence-electron chi connectivity index (χ3n) is 6.04. The maximum absolute atomic E-state index is 13.4. The Bertz CT molecular complexity index is 1120. The highest BCUT2D eigenvalue weighted by molar-refractivity contribution is 5.89. The van der Waals surface area contributed by atoms with Crippen molar-refractivity contribution in [2.45, 2.75) is 78.4 Å². The van der Waals surface area contributed by atoms with Crippen molar-refractivity contribution in [2.24, 2.45) is 0 Å². The molecule has 0 saturated carbocycles. The number of ether oxygens (including phenoxy) is 3. The fraction of sp³-hybridized carbons (Fsp3) is 0.448. The van der Waals surface area contributed by atoms with Gasteiger partial charge in [0.1, 0.15) is 12.4 Å². The second-order valence-corrected chi connectivity index (χ2v) is 8.75. The Morgan fingerprint density at radius 1 is 0.829 bits per heavy atom. The first-order valence-corrected chi connectivity index (χ1v) is 12.8. The Labute approximate surface area is 207 Å². The number of aromatic nitrogens is 1. The average molecular weight is 480 g/mol. The van der Waals surface area contributed by atoms with E-state index < -0.39 is 0 Å². The molecule has 0 unspecified atom stereocenters. The van der Waals surface area contributed by atoms with Crippen LogP contribution in [0.4, 0.5) is 0 Å². The lowest BCUT2D eigenvalue weighted by Crippen LogP contribution is -2.24. The summed E-state index contributed by atoms with van der Waals surface area (Å²) in [7, 11) is 0. The number of benzene rings is 2. The lowest BCUT2D eigenvalue weighted by Gasteiger charge is -2.18. The number of aryl methyl sites for hydroxylation is 1. The molecule has 0 amide bonds. The zero-order chi connectivity index (χ0) is 24.9. The smallest absolute Gasteiger partial charge is 0.298 e. The van der Waals surface area contributed by atoms with Crippen molar-refractivity contribution >= 4 is 17.4 Å². The number of fused-ring (bicyclic) bond motifs is 1. The van der Waals surface area contributed by atoms with E-state index in [0.717, 1.165) is 48.6 Å². The molecule has 2 aromatic carbocycles. The molecule has 0 aliphatic rings. The van der Waals surface area contributed by atoms with Crippen LogP contribution in [-0.2, 0) is 17.9 Å². The van der Waals surface area contributed by atoms with Gasteiger partial charge >= 0.3 is 0 Å². The van der Waals surface area contributed by atoms with Crippen molar-refractivity contribution in [2.75, 3.05) is 6.61 Å². The van der Waals surface area contributed by atoms with Gasteiger partial charge in [-0.25, -0.2) is 0 Å². The molecule has 3 aromatic rings. The van der Waals surface area contributed by atoms with Gasteiger partial charge in [0.2, 0.25) is 5.75 Å². The van der Waals surface area contributed by atoms with Crippen LogP contribution in [0.15, 0.2) is 53.3 Å². The number of carbonyl (C=O) groups is 1. The van der Waals surface area contributed by atoms with E-state index >= 15 is 0 Å². The number of unbranched alkanes of at least 4 members (excludes halogenated alkanes) is 6. The number of nitrogens with zero attached hydrogens (tertiary/aromatic N) is 1. The van der Waals surface area contributed by atoms with E-state index in [1.165, 1.54) is 19.3 Å². The largest absolute Gasteiger partial charge is 0.489 e. The topological polar surface area (TPSA) is 66.8 Å². The number of hydrogen-bond acceptors (Lipinski definition) is 5. The maximum Gasteiger partial charge on any atom is 0.298 e. The van der Waals surface area contributed by atoms with Gasteiger partial charge in [-0.3, -0.25) is 9.59 Å². The molecule has 0 bridgehead atoms. The Balaban J connectivity index is 1.96. The highest BCUT2D eigenvalue weighted by Crippen LogP contribution is 2.35. The first kappa shape index (κ1) is 26.3. The van der Waals surface area contributed by atoms with Crippen molar-refractivity contribution < 1.29 is 19.0 Å². The minimum absolute atomic E-state index is 0.0486. The predicted molar refractivity (Wildman–Crippen MR) is 139 cm³/mol. The number of rotatable bonds is 16. The van der Waals surface area contributed by atoms with E-state index in [1.54, 1.807) is 4.57 Å². The van der Waals surface area contributed by atoms with Gasteiger partial charge in [-0.15, -0.1) is 0 Å². The van der Waals surface area contributed by atoms with E-state index in [0.29, 0.717) is 37.7 Å². The molecule has 0 saturated heterocycles. The maximum atomic E-state index is 13.4. The first-order valence-electron chi connectivity index (χ1n) is 12.8. The molecule has 1 aromatic heterocycles. The fourth-order valence-corrected chi connectivity index (χ4v) is 4.10. The normalized spacial score (nSPS) is 10.9. The van der Waals surface area contributed by atoms with Crippen LogP contribution in [0.2, 0.25) is 0 Å². The number of carbonyl (C=O) groups excluding carboxylic acids is 1. The highest BCUT2D eigenvalue weighted by atomic mass is 16.5. The molecular weight excluding hydrogens is 442 g/mol. The quantitative estimate of drug-likeness (QED) is 0.170. The molecular formula is C29H37NO5. The van der Waals surface area contributed by atoms with E-state index in [2.05, 4.69) is 13.8 Å². The van der Waals surface area contributed by atoms with Crippen molar-refractivity contribution in [1.82, 2.24) is 4.57 Å². The zero-order valence-electron chi connectivity index (χ0n) is 21.0. The average Bonchev–Trinajstić information content (AvgIpc) is 2.88. The number of pyridine rings is 1. The Morgan fingerprint density at radius 3 is 2.31 bits per heavy atom. The van der Waals surface area contributed by atoms with Crippen LogP contribution in [-0.4, -0.2) is 17.6 Å². The van der Waals surface area contributed by atoms with E-state index in [1.807, 2.05) is 48.5 Å². The molecule has 0 fully saturated rings. The molecule has 6 nitrogen and oxygen atoms in total. The van der Waals surface area contributed by atoms with Crippen LogP contribution in [0.3, 0.4) is 0 Å². The third-order valence-corrected chi connectivity index (χ3v) is 6.04. The van der Waals surface area contributed by atoms with Gasteiger partial charge in [0, 0.05) is 18.0 Å². The predicted octanol–water partition coefficient (Wildman–Crippen LogP) is 6.66. The summed E-state index contributed by atoms with van der Waals surface area (Å²) in [4.78, 5) is 24.7. The van der Waals surface area contributed by atoms with Gasteiger partial charge in [0.25, 0.3) is 12.0 Å². The molecule has 0 N–H and O–H groups in total. The SMILES string of the molecule is CCCCCCCCn1c(=O)c(OC=O)c(OCCCC)c2ccc(OCc3ccccc3)cc21. The standard InChI is InChI=1S/C29H37NO5/c1-3-5-7-8-9-13-18-30-26-20-24(34-21-23-14-11-10-12-15-23)16-17-25(26)27(33-19-6-4-2)28(29(30)32)35-22-31/h10-12,14-17,20,22H,3-9,13,18-19,21H2,1-2H3. The summed E-state index contributed by atoms with van der Waals surface area (Å²) in [6.45, 7) is 5.96.